The maximum atomic E-state index is 11.8. The van der Waals surface area contributed by atoms with Gasteiger partial charge in [-0.3, -0.25) is 4.79 Å². The van der Waals surface area contributed by atoms with Crippen LogP contribution in [0.3, 0.4) is 0 Å². The minimum atomic E-state index is -0.0805. The summed E-state index contributed by atoms with van der Waals surface area (Å²) in [5.74, 6) is 0.195. The molecule has 1 aromatic rings. The van der Waals surface area contributed by atoms with Gasteiger partial charge in [0.1, 0.15) is 6.07 Å². The molecule has 0 spiro atoms. The Bertz CT molecular complexity index is 461. The number of nitriles is 1. The van der Waals surface area contributed by atoms with Gasteiger partial charge in [0.2, 0.25) is 0 Å². The summed E-state index contributed by atoms with van der Waals surface area (Å²) < 4.78 is 0. The van der Waals surface area contributed by atoms with Crippen molar-refractivity contribution in [2.45, 2.75) is 27.2 Å². The molecule has 0 N–H and O–H groups in total. The lowest BCUT2D eigenvalue weighted by Gasteiger charge is -2.02. The van der Waals surface area contributed by atoms with E-state index >= 15 is 0 Å². The van der Waals surface area contributed by atoms with Gasteiger partial charge >= 0.3 is 0 Å². The molecule has 0 fully saturated rings. The van der Waals surface area contributed by atoms with Crippen LogP contribution in [0.1, 0.15) is 31.4 Å². The molecule has 1 rings (SSSR count). The van der Waals surface area contributed by atoms with Crippen LogP contribution in [0.4, 0.5) is 0 Å². The Morgan fingerprint density at radius 2 is 1.94 bits per heavy atom. The predicted molar refractivity (Wildman–Crippen MR) is 69.2 cm³/mol. The van der Waals surface area contributed by atoms with Crippen molar-refractivity contribution in [3.63, 3.8) is 0 Å². The molecule has 0 unspecified atom stereocenters. The summed E-state index contributed by atoms with van der Waals surface area (Å²) in [5, 5.41) is 8.99. The van der Waals surface area contributed by atoms with E-state index < -0.39 is 0 Å². The van der Waals surface area contributed by atoms with Gasteiger partial charge < -0.3 is 0 Å². The van der Waals surface area contributed by atoms with Crippen LogP contribution >= 0.6 is 0 Å². The van der Waals surface area contributed by atoms with Crippen LogP contribution in [0.2, 0.25) is 0 Å². The molecule has 1 aromatic carbocycles. The fraction of sp³-hybridized carbons (Fsp3) is 0.333. The highest BCUT2D eigenvalue weighted by Gasteiger charge is 2.10. The average molecular weight is 227 g/mol. The molecular formula is C15H17NO. The third-order valence-electron chi connectivity index (χ3n) is 2.40. The first-order valence-electron chi connectivity index (χ1n) is 5.74. The molecule has 0 aliphatic heterocycles. The molecule has 17 heavy (non-hydrogen) atoms. The second kappa shape index (κ2) is 6.00. The van der Waals surface area contributed by atoms with Crippen LogP contribution < -0.4 is 0 Å². The molecule has 0 radical (unpaired) electrons. The minimum absolute atomic E-state index is 0.0805. The molecular weight excluding hydrogens is 210 g/mol. The number of benzene rings is 1. The predicted octanol–water partition coefficient (Wildman–Crippen LogP) is 3.52. The second-order valence-corrected chi connectivity index (χ2v) is 4.60. The number of ketones is 1. The van der Waals surface area contributed by atoms with E-state index in [1.807, 2.05) is 51.1 Å². The highest BCUT2D eigenvalue weighted by atomic mass is 16.1. The molecule has 88 valence electrons. The van der Waals surface area contributed by atoms with Crippen molar-refractivity contribution in [1.82, 2.24) is 0 Å². The molecule has 0 aliphatic carbocycles. The molecule has 0 saturated carbocycles. The summed E-state index contributed by atoms with van der Waals surface area (Å²) in [6.45, 7) is 5.94. The van der Waals surface area contributed by atoms with E-state index in [-0.39, 0.29) is 17.3 Å². The lowest BCUT2D eigenvalue weighted by atomic mass is 10.00. The van der Waals surface area contributed by atoms with Gasteiger partial charge in [0.25, 0.3) is 0 Å². The Kier molecular flexibility index (Phi) is 4.66. The third-order valence-corrected chi connectivity index (χ3v) is 2.40. The lowest BCUT2D eigenvalue weighted by molar-refractivity contribution is -0.115. The Labute approximate surface area is 103 Å². The van der Waals surface area contributed by atoms with Crippen molar-refractivity contribution in [2.24, 2.45) is 5.92 Å². The smallest absolute Gasteiger partial charge is 0.173 e. The van der Waals surface area contributed by atoms with E-state index in [2.05, 4.69) is 0 Å². The van der Waals surface area contributed by atoms with Crippen molar-refractivity contribution < 1.29 is 4.79 Å². The molecule has 0 heterocycles. The summed E-state index contributed by atoms with van der Waals surface area (Å²) in [6.07, 6.45) is 2.08. The lowest BCUT2D eigenvalue weighted by Crippen LogP contribution is -2.04. The highest BCUT2D eigenvalue weighted by Crippen LogP contribution is 2.12. The Morgan fingerprint density at radius 3 is 2.41 bits per heavy atom. The summed E-state index contributed by atoms with van der Waals surface area (Å²) in [6, 6.07) is 9.74. The van der Waals surface area contributed by atoms with Gasteiger partial charge in [-0.05, 0) is 24.5 Å². The molecule has 0 aliphatic rings. The van der Waals surface area contributed by atoms with Crippen molar-refractivity contribution in [2.75, 3.05) is 0 Å². The van der Waals surface area contributed by atoms with Gasteiger partial charge in [0, 0.05) is 6.42 Å². The van der Waals surface area contributed by atoms with Gasteiger partial charge in [-0.1, -0.05) is 43.7 Å². The first-order chi connectivity index (χ1) is 8.02. The van der Waals surface area contributed by atoms with Crippen LogP contribution in [0, 0.1) is 24.2 Å². The van der Waals surface area contributed by atoms with Crippen LogP contribution in [0.15, 0.2) is 29.8 Å². The number of allylic oxidation sites excluding steroid dienone is 1. The average Bonchev–Trinajstić information content (AvgIpc) is 2.27. The van der Waals surface area contributed by atoms with Crippen molar-refractivity contribution >= 4 is 11.9 Å². The molecule has 0 amide bonds. The largest absolute Gasteiger partial charge is 0.293 e. The number of aryl methyl sites for hydroxylation is 1. The molecule has 2 nitrogen and oxygen atoms in total. The Morgan fingerprint density at radius 1 is 1.35 bits per heavy atom. The number of Topliss-reactive ketones (excluding diaryl/α,β-unsaturated/α-hetero) is 1. The van der Waals surface area contributed by atoms with Crippen LogP contribution in [-0.4, -0.2) is 5.78 Å². The number of rotatable bonds is 4. The van der Waals surface area contributed by atoms with E-state index in [9.17, 15) is 4.79 Å². The number of carbonyl (C=O) groups excluding carboxylic acids is 1. The van der Waals surface area contributed by atoms with E-state index in [1.165, 1.54) is 0 Å². The van der Waals surface area contributed by atoms with Crippen LogP contribution in [0.5, 0.6) is 0 Å². The summed E-state index contributed by atoms with van der Waals surface area (Å²) in [4.78, 5) is 11.8. The third kappa shape index (κ3) is 4.24. The van der Waals surface area contributed by atoms with Crippen molar-refractivity contribution in [1.29, 1.82) is 5.26 Å². The molecule has 2 heteroatoms. The molecule has 0 saturated heterocycles. The first kappa shape index (κ1) is 13.2. The van der Waals surface area contributed by atoms with Gasteiger partial charge in [-0.15, -0.1) is 0 Å². The van der Waals surface area contributed by atoms with Gasteiger partial charge in [-0.25, -0.2) is 0 Å². The topological polar surface area (TPSA) is 40.9 Å². The second-order valence-electron chi connectivity index (χ2n) is 4.60. The first-order valence-corrected chi connectivity index (χ1v) is 5.74. The fourth-order valence-electron chi connectivity index (χ4n) is 1.49. The minimum Gasteiger partial charge on any atom is -0.293 e. The normalized spacial score (nSPS) is 11.4. The maximum Gasteiger partial charge on any atom is 0.173 e. The number of hydrogen-bond donors (Lipinski definition) is 0. The SMILES string of the molecule is Cc1ccc(/C=C(\C#N)C(=O)CC(C)C)cc1. The van der Waals surface area contributed by atoms with E-state index in [4.69, 9.17) is 5.26 Å². The highest BCUT2D eigenvalue weighted by molar-refractivity contribution is 6.03. The molecule has 0 bridgehead atoms. The quantitative estimate of drug-likeness (QED) is 0.583. The number of hydrogen-bond acceptors (Lipinski definition) is 2. The Hall–Kier alpha value is -1.88. The number of nitrogens with zero attached hydrogens (tertiary/aromatic N) is 1. The van der Waals surface area contributed by atoms with E-state index in [1.54, 1.807) is 6.08 Å². The van der Waals surface area contributed by atoms with Crippen LogP contribution in [-0.2, 0) is 4.79 Å². The van der Waals surface area contributed by atoms with E-state index in [0.29, 0.717) is 6.42 Å². The summed E-state index contributed by atoms with van der Waals surface area (Å²) >= 11 is 0. The Balaban J connectivity index is 2.91. The van der Waals surface area contributed by atoms with Gasteiger partial charge in [0.15, 0.2) is 5.78 Å². The van der Waals surface area contributed by atoms with Crippen molar-refractivity contribution in [3.05, 3.63) is 41.0 Å². The zero-order chi connectivity index (χ0) is 12.8. The molecule has 0 atom stereocenters. The zero-order valence-corrected chi connectivity index (χ0v) is 10.5. The van der Waals surface area contributed by atoms with E-state index in [0.717, 1.165) is 11.1 Å². The number of carbonyl (C=O) groups is 1. The van der Waals surface area contributed by atoms with Gasteiger partial charge in [-0.2, -0.15) is 5.26 Å². The maximum absolute atomic E-state index is 11.8. The standard InChI is InChI=1S/C15H17NO/c1-11(2)8-15(17)14(10-16)9-13-6-4-12(3)5-7-13/h4-7,9,11H,8H2,1-3H3/b14-9+. The fourth-order valence-corrected chi connectivity index (χ4v) is 1.49. The monoisotopic (exact) mass is 227 g/mol. The summed E-state index contributed by atoms with van der Waals surface area (Å²) in [5.41, 5.74) is 2.29. The van der Waals surface area contributed by atoms with Crippen LogP contribution in [0.25, 0.3) is 6.08 Å². The van der Waals surface area contributed by atoms with Gasteiger partial charge in [0.05, 0.1) is 5.57 Å². The molecule has 0 aromatic heterocycles. The summed E-state index contributed by atoms with van der Waals surface area (Å²) in [7, 11) is 0. The van der Waals surface area contributed by atoms with Crippen molar-refractivity contribution in [3.8, 4) is 6.07 Å². The zero-order valence-electron chi connectivity index (χ0n) is 10.5.